The smallest absolute Gasteiger partial charge is 0.335 e. The molecule has 0 atom stereocenters. The van der Waals surface area contributed by atoms with E-state index in [2.05, 4.69) is 5.32 Å². The lowest BCUT2D eigenvalue weighted by Crippen LogP contribution is -2.54. The van der Waals surface area contributed by atoms with Gasteiger partial charge in [0.05, 0.1) is 24.8 Å². The summed E-state index contributed by atoms with van der Waals surface area (Å²) in [5.41, 5.74) is -0.274. The van der Waals surface area contributed by atoms with Gasteiger partial charge in [-0.15, -0.1) is 0 Å². The number of hydrogen-bond donors (Lipinski definition) is 1. The van der Waals surface area contributed by atoms with Gasteiger partial charge in [0, 0.05) is 23.8 Å². The Bertz CT molecular complexity index is 1060. The number of nitro benzene ring substituents is 1. The Morgan fingerprint density at radius 2 is 1.83 bits per heavy atom. The van der Waals surface area contributed by atoms with Gasteiger partial charge in [-0.2, -0.15) is 0 Å². The topological polar surface area (TPSA) is 128 Å². The van der Waals surface area contributed by atoms with E-state index in [-0.39, 0.29) is 16.9 Å². The highest BCUT2D eigenvalue weighted by Crippen LogP contribution is 2.29. The number of methoxy groups -OCH3 is 2. The maximum atomic E-state index is 12.9. The summed E-state index contributed by atoms with van der Waals surface area (Å²) in [6.45, 7) is 0. The average molecular weight is 397 g/mol. The van der Waals surface area contributed by atoms with Crippen molar-refractivity contribution in [3.63, 3.8) is 0 Å². The van der Waals surface area contributed by atoms with E-state index in [0.717, 1.165) is 6.07 Å². The van der Waals surface area contributed by atoms with Gasteiger partial charge in [0.2, 0.25) is 0 Å². The van der Waals surface area contributed by atoms with Crippen molar-refractivity contribution in [2.75, 3.05) is 19.1 Å². The van der Waals surface area contributed by atoms with E-state index in [1.807, 2.05) is 0 Å². The number of rotatable bonds is 5. The first-order valence-corrected chi connectivity index (χ1v) is 8.23. The number of carbonyl (C=O) groups is 3. The van der Waals surface area contributed by atoms with Crippen molar-refractivity contribution in [2.24, 2.45) is 0 Å². The van der Waals surface area contributed by atoms with E-state index in [4.69, 9.17) is 9.47 Å². The molecule has 0 spiro atoms. The van der Waals surface area contributed by atoms with Crippen LogP contribution in [0.2, 0.25) is 0 Å². The zero-order valence-electron chi connectivity index (χ0n) is 15.4. The van der Waals surface area contributed by atoms with Gasteiger partial charge in [0.15, 0.2) is 0 Å². The highest BCUT2D eigenvalue weighted by molar-refractivity contribution is 6.39. The molecule has 0 aromatic heterocycles. The van der Waals surface area contributed by atoms with Crippen LogP contribution < -0.4 is 19.7 Å². The van der Waals surface area contributed by atoms with Crippen molar-refractivity contribution >= 4 is 35.3 Å². The predicted octanol–water partition coefficient (Wildman–Crippen LogP) is 2.28. The fourth-order valence-electron chi connectivity index (χ4n) is 2.73. The summed E-state index contributed by atoms with van der Waals surface area (Å²) in [5, 5.41) is 13.1. The van der Waals surface area contributed by atoms with Crippen LogP contribution in [-0.4, -0.2) is 37.0 Å². The number of anilines is 1. The molecule has 1 fully saturated rings. The Hall–Kier alpha value is -4.21. The molecule has 10 nitrogen and oxygen atoms in total. The molecule has 0 unspecified atom stereocenters. The Morgan fingerprint density at radius 3 is 2.48 bits per heavy atom. The van der Waals surface area contributed by atoms with E-state index in [1.165, 1.54) is 38.5 Å². The van der Waals surface area contributed by atoms with Crippen LogP contribution in [0.25, 0.3) is 6.08 Å². The van der Waals surface area contributed by atoms with Crippen LogP contribution in [0, 0.1) is 10.1 Å². The summed E-state index contributed by atoms with van der Waals surface area (Å²) in [6.07, 6.45) is 1.27. The molecule has 1 aliphatic rings. The van der Waals surface area contributed by atoms with E-state index in [1.54, 1.807) is 18.2 Å². The van der Waals surface area contributed by atoms with E-state index in [9.17, 15) is 24.5 Å². The first-order valence-electron chi connectivity index (χ1n) is 8.23. The van der Waals surface area contributed by atoms with Gasteiger partial charge in [0.1, 0.15) is 17.1 Å². The second-order valence-electron chi connectivity index (χ2n) is 5.84. The molecule has 148 valence electrons. The van der Waals surface area contributed by atoms with Crippen LogP contribution in [0.3, 0.4) is 0 Å². The van der Waals surface area contributed by atoms with Crippen LogP contribution in [0.5, 0.6) is 11.5 Å². The largest absolute Gasteiger partial charge is 0.497 e. The fraction of sp³-hybridized carbons (Fsp3) is 0.105. The van der Waals surface area contributed by atoms with Crippen molar-refractivity contribution in [3.05, 3.63) is 63.7 Å². The number of nitro groups is 1. The average Bonchev–Trinajstić information content (AvgIpc) is 2.71. The lowest BCUT2D eigenvalue weighted by Gasteiger charge is -2.26. The Balaban J connectivity index is 2.05. The summed E-state index contributed by atoms with van der Waals surface area (Å²) in [4.78, 5) is 48.4. The highest BCUT2D eigenvalue weighted by atomic mass is 16.6. The summed E-state index contributed by atoms with van der Waals surface area (Å²) in [7, 11) is 2.89. The van der Waals surface area contributed by atoms with Crippen molar-refractivity contribution in [1.29, 1.82) is 0 Å². The molecule has 0 radical (unpaired) electrons. The maximum absolute atomic E-state index is 12.9. The third-order valence-electron chi connectivity index (χ3n) is 4.14. The lowest BCUT2D eigenvalue weighted by atomic mass is 10.1. The molecule has 0 bridgehead atoms. The molecule has 0 aliphatic carbocycles. The summed E-state index contributed by atoms with van der Waals surface area (Å²) >= 11 is 0. The number of barbiturate groups is 1. The van der Waals surface area contributed by atoms with Crippen LogP contribution in [0.15, 0.2) is 48.0 Å². The third-order valence-corrected chi connectivity index (χ3v) is 4.14. The van der Waals surface area contributed by atoms with Crippen molar-refractivity contribution in [1.82, 2.24) is 5.32 Å². The van der Waals surface area contributed by atoms with E-state index >= 15 is 0 Å². The number of urea groups is 1. The molecular weight excluding hydrogens is 382 g/mol. The molecule has 29 heavy (non-hydrogen) atoms. The quantitative estimate of drug-likeness (QED) is 0.355. The van der Waals surface area contributed by atoms with Crippen molar-refractivity contribution in [2.45, 2.75) is 0 Å². The Kier molecular flexibility index (Phi) is 5.26. The highest BCUT2D eigenvalue weighted by Gasteiger charge is 2.37. The lowest BCUT2D eigenvalue weighted by molar-refractivity contribution is -0.384. The number of nitrogens with one attached hydrogen (secondary N) is 1. The number of hydrogen-bond acceptors (Lipinski definition) is 7. The number of benzene rings is 2. The summed E-state index contributed by atoms with van der Waals surface area (Å²) < 4.78 is 10.4. The van der Waals surface area contributed by atoms with Gasteiger partial charge in [0.25, 0.3) is 17.5 Å². The van der Waals surface area contributed by atoms with Gasteiger partial charge in [-0.1, -0.05) is 6.07 Å². The molecule has 4 amide bonds. The molecule has 1 heterocycles. The first-order chi connectivity index (χ1) is 13.8. The van der Waals surface area contributed by atoms with Crippen molar-refractivity contribution < 1.29 is 28.8 Å². The van der Waals surface area contributed by atoms with Crippen molar-refractivity contribution in [3.8, 4) is 11.5 Å². The maximum Gasteiger partial charge on any atom is 0.335 e. The van der Waals surface area contributed by atoms with Crippen LogP contribution in [0.4, 0.5) is 16.2 Å². The molecule has 1 aliphatic heterocycles. The predicted molar refractivity (Wildman–Crippen MR) is 102 cm³/mol. The van der Waals surface area contributed by atoms with Gasteiger partial charge in [-0.05, 0) is 24.3 Å². The zero-order valence-corrected chi connectivity index (χ0v) is 15.4. The minimum absolute atomic E-state index is 0.0400. The van der Waals surface area contributed by atoms with Crippen LogP contribution in [-0.2, 0) is 9.59 Å². The zero-order chi connectivity index (χ0) is 21.1. The van der Waals surface area contributed by atoms with Gasteiger partial charge < -0.3 is 9.47 Å². The number of imide groups is 2. The van der Waals surface area contributed by atoms with Gasteiger partial charge in [-0.25, -0.2) is 9.69 Å². The van der Waals surface area contributed by atoms with Crippen LogP contribution in [0.1, 0.15) is 5.56 Å². The number of amides is 4. The summed E-state index contributed by atoms with van der Waals surface area (Å²) in [5.74, 6) is -0.954. The van der Waals surface area contributed by atoms with Gasteiger partial charge in [-0.3, -0.25) is 25.0 Å². The van der Waals surface area contributed by atoms with E-state index in [0.29, 0.717) is 22.0 Å². The number of carbonyl (C=O) groups excluding carboxylic acids is 3. The molecular formula is C19H15N3O7. The number of ether oxygens (including phenoxy) is 2. The molecule has 1 N–H and O–H groups in total. The second kappa shape index (κ2) is 7.80. The fourth-order valence-corrected chi connectivity index (χ4v) is 2.73. The molecule has 2 aromatic rings. The first kappa shape index (κ1) is 19.5. The van der Waals surface area contributed by atoms with Gasteiger partial charge >= 0.3 is 6.03 Å². The van der Waals surface area contributed by atoms with E-state index < -0.39 is 22.8 Å². The Labute approximate surface area is 164 Å². The monoisotopic (exact) mass is 397 g/mol. The summed E-state index contributed by atoms with van der Waals surface area (Å²) in [6, 6.07) is 8.74. The normalized spacial score (nSPS) is 15.3. The number of non-ortho nitro benzene ring substituents is 1. The third kappa shape index (κ3) is 3.76. The number of nitrogens with zero attached hydrogens (tertiary/aromatic N) is 2. The molecule has 3 rings (SSSR count). The molecule has 2 aromatic carbocycles. The molecule has 0 saturated carbocycles. The minimum Gasteiger partial charge on any atom is -0.497 e. The second-order valence-corrected chi connectivity index (χ2v) is 5.84. The standard InChI is InChI=1S/C19H15N3O7/c1-28-14-7-6-11(16(10-14)29-2)8-15-17(23)20-19(25)21(18(15)24)12-4-3-5-13(9-12)22(26)27/h3-10H,1-2H3,(H,20,23,25)/b15-8+. The minimum atomic E-state index is -1.00. The Morgan fingerprint density at radius 1 is 1.07 bits per heavy atom. The molecule has 10 heteroatoms. The van der Waals surface area contributed by atoms with Crippen LogP contribution >= 0.6 is 0 Å². The molecule has 1 saturated heterocycles. The SMILES string of the molecule is COc1ccc(/C=C2\C(=O)NC(=O)N(c3cccc([N+](=O)[O-])c3)C2=O)c(OC)c1.